The molecule has 0 aromatic carbocycles. The topological polar surface area (TPSA) is 16.4 Å². The van der Waals surface area contributed by atoms with Crippen LogP contribution < -0.4 is 0 Å². The summed E-state index contributed by atoms with van der Waals surface area (Å²) in [7, 11) is 0. The SMILES string of the molecule is BrCC1CSCCN1Cc1ccc(Br)o1. The van der Waals surface area contributed by atoms with Crippen LogP contribution in [0.4, 0.5) is 0 Å². The highest BCUT2D eigenvalue weighted by Gasteiger charge is 2.22. The molecule has 1 atom stereocenters. The molecule has 1 aromatic heterocycles. The molecule has 0 spiro atoms. The zero-order valence-electron chi connectivity index (χ0n) is 8.29. The predicted molar refractivity (Wildman–Crippen MR) is 71.7 cm³/mol. The van der Waals surface area contributed by atoms with E-state index in [1.54, 1.807) is 0 Å². The Morgan fingerprint density at radius 3 is 3.07 bits per heavy atom. The standard InChI is InChI=1S/C10H13Br2NOS/c11-5-8-7-15-4-3-13(8)6-9-1-2-10(12)14-9/h1-2,8H,3-7H2. The Morgan fingerprint density at radius 2 is 2.40 bits per heavy atom. The van der Waals surface area contributed by atoms with E-state index in [0.29, 0.717) is 6.04 Å². The Hall–Kier alpha value is 0.550. The molecular formula is C10H13Br2NOS. The maximum atomic E-state index is 5.53. The van der Waals surface area contributed by atoms with Crippen molar-refractivity contribution >= 4 is 43.6 Å². The van der Waals surface area contributed by atoms with E-state index in [9.17, 15) is 0 Å². The van der Waals surface area contributed by atoms with Gasteiger partial charge in [-0.15, -0.1) is 0 Å². The van der Waals surface area contributed by atoms with Crippen molar-refractivity contribution in [2.75, 3.05) is 23.4 Å². The van der Waals surface area contributed by atoms with E-state index in [0.717, 1.165) is 28.8 Å². The summed E-state index contributed by atoms with van der Waals surface area (Å²) in [5.74, 6) is 3.48. The van der Waals surface area contributed by atoms with Crippen molar-refractivity contribution in [3.8, 4) is 0 Å². The van der Waals surface area contributed by atoms with Crippen molar-refractivity contribution in [1.82, 2.24) is 4.90 Å². The Bertz CT molecular complexity index is 318. The molecule has 1 aliphatic heterocycles. The fourth-order valence-electron chi connectivity index (χ4n) is 1.68. The fraction of sp³-hybridized carbons (Fsp3) is 0.600. The summed E-state index contributed by atoms with van der Waals surface area (Å²) in [5, 5.41) is 1.04. The summed E-state index contributed by atoms with van der Waals surface area (Å²) in [6.07, 6.45) is 0. The second kappa shape index (κ2) is 5.75. The van der Waals surface area contributed by atoms with Crippen LogP contribution in [0.1, 0.15) is 5.76 Å². The summed E-state index contributed by atoms with van der Waals surface area (Å²) in [6.45, 7) is 2.07. The van der Waals surface area contributed by atoms with E-state index in [4.69, 9.17) is 4.42 Å². The van der Waals surface area contributed by atoms with Gasteiger partial charge in [0.15, 0.2) is 4.67 Å². The quantitative estimate of drug-likeness (QED) is 0.774. The monoisotopic (exact) mass is 353 g/mol. The normalized spacial score (nSPS) is 23.2. The van der Waals surface area contributed by atoms with Gasteiger partial charge in [0.2, 0.25) is 0 Å². The van der Waals surface area contributed by atoms with Crippen LogP contribution in [0.5, 0.6) is 0 Å². The summed E-state index contributed by atoms with van der Waals surface area (Å²) in [4.78, 5) is 2.48. The van der Waals surface area contributed by atoms with Crippen LogP contribution in [0.15, 0.2) is 21.2 Å². The van der Waals surface area contributed by atoms with Gasteiger partial charge in [0.1, 0.15) is 5.76 Å². The number of hydrogen-bond acceptors (Lipinski definition) is 3. The number of rotatable bonds is 3. The number of hydrogen-bond donors (Lipinski definition) is 0. The van der Waals surface area contributed by atoms with Crippen LogP contribution in [0.3, 0.4) is 0 Å². The maximum Gasteiger partial charge on any atom is 0.169 e. The Kier molecular flexibility index (Phi) is 4.61. The molecule has 2 rings (SSSR count). The average Bonchev–Trinajstić information content (AvgIpc) is 2.65. The lowest BCUT2D eigenvalue weighted by molar-refractivity contribution is 0.209. The predicted octanol–water partition coefficient (Wildman–Crippen LogP) is 3.35. The molecule has 0 radical (unpaired) electrons. The van der Waals surface area contributed by atoms with E-state index in [1.807, 2.05) is 23.9 Å². The zero-order chi connectivity index (χ0) is 10.7. The van der Waals surface area contributed by atoms with Crippen LogP contribution in [0.25, 0.3) is 0 Å². The van der Waals surface area contributed by atoms with E-state index in [-0.39, 0.29) is 0 Å². The number of nitrogens with zero attached hydrogens (tertiary/aromatic N) is 1. The van der Waals surface area contributed by atoms with Crippen molar-refractivity contribution in [1.29, 1.82) is 0 Å². The highest BCUT2D eigenvalue weighted by Crippen LogP contribution is 2.22. The lowest BCUT2D eigenvalue weighted by Crippen LogP contribution is -2.42. The molecule has 0 N–H and O–H groups in total. The van der Waals surface area contributed by atoms with Gasteiger partial charge in [-0.25, -0.2) is 0 Å². The van der Waals surface area contributed by atoms with Gasteiger partial charge >= 0.3 is 0 Å². The first kappa shape index (κ1) is 12.0. The summed E-state index contributed by atoms with van der Waals surface area (Å²) < 4.78 is 6.35. The molecule has 1 aromatic rings. The van der Waals surface area contributed by atoms with Gasteiger partial charge in [-0.05, 0) is 28.1 Å². The molecule has 84 valence electrons. The number of furan rings is 1. The van der Waals surface area contributed by atoms with Crippen LogP contribution in [-0.4, -0.2) is 34.3 Å². The molecule has 0 bridgehead atoms. The van der Waals surface area contributed by atoms with Gasteiger partial charge in [-0.2, -0.15) is 11.8 Å². The summed E-state index contributed by atoms with van der Waals surface area (Å²) in [6, 6.07) is 4.63. The first-order valence-electron chi connectivity index (χ1n) is 4.91. The third-order valence-electron chi connectivity index (χ3n) is 2.52. The first-order chi connectivity index (χ1) is 7.29. The molecule has 2 nitrogen and oxygen atoms in total. The van der Waals surface area contributed by atoms with E-state index < -0.39 is 0 Å². The third kappa shape index (κ3) is 3.25. The fourth-order valence-corrected chi connectivity index (χ4v) is 4.09. The molecule has 5 heteroatoms. The van der Waals surface area contributed by atoms with Crippen molar-refractivity contribution in [2.24, 2.45) is 0 Å². The van der Waals surface area contributed by atoms with Gasteiger partial charge in [0.25, 0.3) is 0 Å². The summed E-state index contributed by atoms with van der Waals surface area (Å²) >= 11 is 8.94. The van der Waals surface area contributed by atoms with E-state index in [2.05, 4.69) is 36.8 Å². The van der Waals surface area contributed by atoms with Crippen molar-refractivity contribution in [3.63, 3.8) is 0 Å². The molecule has 1 fully saturated rings. The zero-order valence-corrected chi connectivity index (χ0v) is 12.3. The lowest BCUT2D eigenvalue weighted by atomic mass is 10.3. The van der Waals surface area contributed by atoms with Gasteiger partial charge in [0.05, 0.1) is 6.54 Å². The Labute approximate surface area is 111 Å². The van der Waals surface area contributed by atoms with Crippen molar-refractivity contribution < 1.29 is 4.42 Å². The number of alkyl halides is 1. The number of halogens is 2. The minimum absolute atomic E-state index is 0.632. The second-order valence-electron chi connectivity index (χ2n) is 3.56. The Morgan fingerprint density at radius 1 is 1.53 bits per heavy atom. The molecule has 2 heterocycles. The molecule has 15 heavy (non-hydrogen) atoms. The smallest absolute Gasteiger partial charge is 0.169 e. The van der Waals surface area contributed by atoms with Gasteiger partial charge in [-0.1, -0.05) is 15.9 Å². The van der Waals surface area contributed by atoms with E-state index in [1.165, 1.54) is 11.5 Å². The van der Waals surface area contributed by atoms with Gasteiger partial charge in [-0.3, -0.25) is 4.90 Å². The minimum atomic E-state index is 0.632. The molecule has 1 saturated heterocycles. The number of thioether (sulfide) groups is 1. The van der Waals surface area contributed by atoms with Crippen molar-refractivity contribution in [3.05, 3.63) is 22.6 Å². The molecule has 0 saturated carbocycles. The van der Waals surface area contributed by atoms with Crippen LogP contribution in [0, 0.1) is 0 Å². The first-order valence-corrected chi connectivity index (χ1v) is 7.98. The molecular weight excluding hydrogens is 342 g/mol. The largest absolute Gasteiger partial charge is 0.453 e. The van der Waals surface area contributed by atoms with E-state index >= 15 is 0 Å². The molecule has 0 amide bonds. The van der Waals surface area contributed by atoms with Crippen LogP contribution in [0.2, 0.25) is 0 Å². The molecule has 1 aliphatic rings. The third-order valence-corrected chi connectivity index (χ3v) is 4.78. The average molecular weight is 355 g/mol. The van der Waals surface area contributed by atoms with Crippen LogP contribution >= 0.6 is 43.6 Å². The van der Waals surface area contributed by atoms with Crippen LogP contribution in [-0.2, 0) is 6.54 Å². The maximum absolute atomic E-state index is 5.53. The van der Waals surface area contributed by atoms with Gasteiger partial charge < -0.3 is 4.42 Å². The lowest BCUT2D eigenvalue weighted by Gasteiger charge is -2.33. The molecule has 0 aliphatic carbocycles. The summed E-state index contributed by atoms with van der Waals surface area (Å²) in [5.41, 5.74) is 0. The minimum Gasteiger partial charge on any atom is -0.453 e. The van der Waals surface area contributed by atoms with Gasteiger partial charge in [0, 0.05) is 29.4 Å². The highest BCUT2D eigenvalue weighted by atomic mass is 79.9. The second-order valence-corrected chi connectivity index (χ2v) is 6.14. The Balaban J connectivity index is 1.97. The molecule has 1 unspecified atom stereocenters. The van der Waals surface area contributed by atoms with Crippen molar-refractivity contribution in [2.45, 2.75) is 12.6 Å². The highest BCUT2D eigenvalue weighted by molar-refractivity contribution is 9.10.